The molecule has 0 amide bonds. The Labute approximate surface area is 131 Å². The van der Waals surface area contributed by atoms with Crippen LogP contribution >= 0.6 is 31.9 Å². The molecule has 20 heavy (non-hydrogen) atoms. The van der Waals surface area contributed by atoms with Gasteiger partial charge in [0.2, 0.25) is 0 Å². The first-order chi connectivity index (χ1) is 9.29. The standard InChI is InChI=1S/C12H7Br2F2NO2S/c13-7-1-3-9(4-2-7)20(18,19)17-12-10(15)5-8(14)6-11(12)16/h1-6,17H. The number of halogens is 4. The molecule has 0 fully saturated rings. The number of rotatable bonds is 3. The highest BCUT2D eigenvalue weighted by Crippen LogP contribution is 2.26. The summed E-state index contributed by atoms with van der Waals surface area (Å²) in [6.07, 6.45) is 0. The van der Waals surface area contributed by atoms with E-state index in [0.29, 0.717) is 4.47 Å². The summed E-state index contributed by atoms with van der Waals surface area (Å²) in [5, 5.41) is 0. The monoisotopic (exact) mass is 425 g/mol. The van der Waals surface area contributed by atoms with Crippen molar-refractivity contribution in [2.75, 3.05) is 4.72 Å². The van der Waals surface area contributed by atoms with Crippen molar-refractivity contribution in [3.8, 4) is 0 Å². The van der Waals surface area contributed by atoms with Gasteiger partial charge in [-0.25, -0.2) is 17.2 Å². The molecule has 0 bridgehead atoms. The van der Waals surface area contributed by atoms with E-state index >= 15 is 0 Å². The van der Waals surface area contributed by atoms with E-state index in [-0.39, 0.29) is 9.37 Å². The zero-order chi connectivity index (χ0) is 14.9. The van der Waals surface area contributed by atoms with Crippen LogP contribution in [0.15, 0.2) is 50.2 Å². The molecular formula is C12H7Br2F2NO2S. The van der Waals surface area contributed by atoms with Crippen LogP contribution in [-0.4, -0.2) is 8.42 Å². The Kier molecular flexibility index (Phi) is 4.46. The minimum absolute atomic E-state index is 0.0950. The Hall–Kier alpha value is -0.990. The Bertz CT molecular complexity index is 726. The Morgan fingerprint density at radius 1 is 0.900 bits per heavy atom. The molecule has 0 saturated heterocycles. The van der Waals surface area contributed by atoms with Gasteiger partial charge in [-0.15, -0.1) is 0 Å². The highest BCUT2D eigenvalue weighted by Gasteiger charge is 2.19. The minimum atomic E-state index is -4.05. The van der Waals surface area contributed by atoms with Gasteiger partial charge in [0.15, 0.2) is 11.6 Å². The van der Waals surface area contributed by atoms with Crippen molar-refractivity contribution in [2.45, 2.75) is 4.90 Å². The third-order valence-corrected chi connectivity index (χ3v) is 4.72. The number of hydrogen-bond acceptors (Lipinski definition) is 2. The van der Waals surface area contributed by atoms with Crippen LogP contribution in [0.1, 0.15) is 0 Å². The maximum atomic E-state index is 13.6. The van der Waals surface area contributed by atoms with Crippen molar-refractivity contribution < 1.29 is 17.2 Å². The van der Waals surface area contributed by atoms with Crippen molar-refractivity contribution in [3.63, 3.8) is 0 Å². The molecule has 0 aliphatic heterocycles. The molecule has 0 saturated carbocycles. The summed E-state index contributed by atoms with van der Waals surface area (Å²) in [6.45, 7) is 0. The molecule has 2 aromatic carbocycles. The van der Waals surface area contributed by atoms with E-state index in [4.69, 9.17) is 0 Å². The highest BCUT2D eigenvalue weighted by atomic mass is 79.9. The lowest BCUT2D eigenvalue weighted by Crippen LogP contribution is -2.15. The van der Waals surface area contributed by atoms with Gasteiger partial charge in [0.05, 0.1) is 4.90 Å². The van der Waals surface area contributed by atoms with E-state index in [2.05, 4.69) is 31.9 Å². The van der Waals surface area contributed by atoms with Crippen LogP contribution in [0.4, 0.5) is 14.5 Å². The summed E-state index contributed by atoms with van der Waals surface area (Å²) in [7, 11) is -4.05. The van der Waals surface area contributed by atoms with Crippen molar-refractivity contribution >= 4 is 47.6 Å². The second-order valence-electron chi connectivity index (χ2n) is 3.80. The molecule has 0 unspecified atom stereocenters. The molecule has 1 N–H and O–H groups in total. The van der Waals surface area contributed by atoms with Crippen LogP contribution < -0.4 is 4.72 Å². The van der Waals surface area contributed by atoms with Gasteiger partial charge in [-0.3, -0.25) is 4.72 Å². The summed E-state index contributed by atoms with van der Waals surface area (Å²) in [4.78, 5) is -0.0950. The first kappa shape index (κ1) is 15.4. The number of hydrogen-bond donors (Lipinski definition) is 1. The molecule has 0 aromatic heterocycles. The summed E-state index contributed by atoms with van der Waals surface area (Å²) >= 11 is 6.09. The molecule has 8 heteroatoms. The molecule has 2 rings (SSSR count). The zero-order valence-corrected chi connectivity index (χ0v) is 13.7. The predicted octanol–water partition coefficient (Wildman–Crippen LogP) is 4.29. The number of nitrogens with one attached hydrogen (secondary N) is 1. The van der Waals surface area contributed by atoms with Gasteiger partial charge in [0, 0.05) is 8.95 Å². The maximum absolute atomic E-state index is 13.6. The van der Waals surface area contributed by atoms with Gasteiger partial charge in [-0.2, -0.15) is 0 Å². The molecule has 0 aliphatic rings. The van der Waals surface area contributed by atoms with Crippen molar-refractivity contribution in [3.05, 3.63) is 57.0 Å². The molecule has 0 heterocycles. The van der Waals surface area contributed by atoms with Crippen molar-refractivity contribution in [2.24, 2.45) is 0 Å². The summed E-state index contributed by atoms with van der Waals surface area (Å²) in [5.41, 5.74) is -0.712. The molecule has 0 atom stereocenters. The van der Waals surface area contributed by atoms with Crippen molar-refractivity contribution in [1.29, 1.82) is 0 Å². The van der Waals surface area contributed by atoms with Crippen LogP contribution in [-0.2, 0) is 10.0 Å². The maximum Gasteiger partial charge on any atom is 0.262 e. The van der Waals surface area contributed by atoms with Gasteiger partial charge in [-0.1, -0.05) is 31.9 Å². The van der Waals surface area contributed by atoms with Gasteiger partial charge in [0.25, 0.3) is 10.0 Å². The third kappa shape index (κ3) is 3.36. The lowest BCUT2D eigenvalue weighted by Gasteiger charge is -2.10. The molecule has 0 radical (unpaired) electrons. The van der Waals surface area contributed by atoms with E-state index in [9.17, 15) is 17.2 Å². The third-order valence-electron chi connectivity index (χ3n) is 2.37. The second-order valence-corrected chi connectivity index (χ2v) is 7.32. The lowest BCUT2D eigenvalue weighted by atomic mass is 10.3. The van der Waals surface area contributed by atoms with E-state index in [0.717, 1.165) is 12.1 Å². The topological polar surface area (TPSA) is 46.2 Å². The number of anilines is 1. The average molecular weight is 427 g/mol. The fourth-order valence-electron chi connectivity index (χ4n) is 1.45. The van der Waals surface area contributed by atoms with Crippen LogP contribution in [0.3, 0.4) is 0 Å². The Morgan fingerprint density at radius 2 is 1.40 bits per heavy atom. The zero-order valence-electron chi connectivity index (χ0n) is 9.70. The molecular weight excluding hydrogens is 420 g/mol. The first-order valence-electron chi connectivity index (χ1n) is 5.22. The molecule has 0 aliphatic carbocycles. The van der Waals surface area contributed by atoms with E-state index < -0.39 is 27.3 Å². The van der Waals surface area contributed by atoms with E-state index in [1.165, 1.54) is 24.3 Å². The smallest absolute Gasteiger partial charge is 0.262 e. The predicted molar refractivity (Wildman–Crippen MR) is 79.0 cm³/mol. The molecule has 106 valence electrons. The van der Waals surface area contributed by atoms with Crippen molar-refractivity contribution in [1.82, 2.24) is 0 Å². The van der Waals surface area contributed by atoms with Crippen LogP contribution in [0.25, 0.3) is 0 Å². The normalized spacial score (nSPS) is 11.4. The van der Waals surface area contributed by atoms with Gasteiger partial charge < -0.3 is 0 Å². The minimum Gasteiger partial charge on any atom is -0.274 e. The number of sulfonamides is 1. The summed E-state index contributed by atoms with van der Waals surface area (Å²) in [5.74, 6) is -2.00. The summed E-state index contributed by atoms with van der Waals surface area (Å²) in [6, 6.07) is 7.62. The Morgan fingerprint density at radius 3 is 1.90 bits per heavy atom. The second kappa shape index (κ2) is 5.79. The summed E-state index contributed by atoms with van der Waals surface area (Å²) < 4.78 is 54.1. The van der Waals surface area contributed by atoms with E-state index in [1.807, 2.05) is 4.72 Å². The fraction of sp³-hybridized carbons (Fsp3) is 0. The van der Waals surface area contributed by atoms with Gasteiger partial charge >= 0.3 is 0 Å². The lowest BCUT2D eigenvalue weighted by molar-refractivity contribution is 0.582. The number of benzene rings is 2. The molecule has 0 spiro atoms. The first-order valence-corrected chi connectivity index (χ1v) is 8.29. The SMILES string of the molecule is O=S(=O)(Nc1c(F)cc(Br)cc1F)c1ccc(Br)cc1. The Balaban J connectivity index is 2.41. The van der Waals surface area contributed by atoms with Crippen LogP contribution in [0.2, 0.25) is 0 Å². The largest absolute Gasteiger partial charge is 0.274 e. The highest BCUT2D eigenvalue weighted by molar-refractivity contribution is 9.10. The van der Waals surface area contributed by atoms with E-state index in [1.54, 1.807) is 0 Å². The van der Waals surface area contributed by atoms with Crippen LogP contribution in [0, 0.1) is 11.6 Å². The quantitative estimate of drug-likeness (QED) is 0.795. The van der Waals surface area contributed by atoms with Gasteiger partial charge in [0.1, 0.15) is 5.69 Å². The fourth-order valence-corrected chi connectivity index (χ4v) is 3.19. The average Bonchev–Trinajstić information content (AvgIpc) is 2.34. The van der Waals surface area contributed by atoms with Gasteiger partial charge in [-0.05, 0) is 36.4 Å². The molecule has 2 aromatic rings. The van der Waals surface area contributed by atoms with Crippen LogP contribution in [0.5, 0.6) is 0 Å². The molecule has 3 nitrogen and oxygen atoms in total.